The molecule has 1 aromatic heterocycles. The maximum absolute atomic E-state index is 11.9. The average molecular weight is 480 g/mol. The minimum absolute atomic E-state index is 0.285. The second kappa shape index (κ2) is 9.13. The number of imide groups is 1. The number of amides is 2. The van der Waals surface area contributed by atoms with Crippen molar-refractivity contribution >= 4 is 57.2 Å². The molecule has 1 N–H and O–H groups in total. The number of carbonyl (C=O) groups excluding carboxylic acids is 2. The number of piperazine rings is 1. The lowest BCUT2D eigenvalue weighted by molar-refractivity contribution is -0.115. The van der Waals surface area contributed by atoms with Gasteiger partial charge in [-0.3, -0.25) is 14.9 Å². The van der Waals surface area contributed by atoms with Crippen molar-refractivity contribution in [2.75, 3.05) is 37.6 Å². The topological polar surface area (TPSA) is 78.4 Å². The summed E-state index contributed by atoms with van der Waals surface area (Å²) in [5, 5.41) is 3.45. The predicted molar refractivity (Wildman–Crippen MR) is 133 cm³/mol. The van der Waals surface area contributed by atoms with Gasteiger partial charge in [0.25, 0.3) is 11.1 Å². The third-order valence-corrected chi connectivity index (χ3v) is 7.06. The van der Waals surface area contributed by atoms with Crippen LogP contribution in [0.5, 0.6) is 0 Å². The van der Waals surface area contributed by atoms with E-state index >= 15 is 0 Å². The van der Waals surface area contributed by atoms with Crippen LogP contribution in [0.1, 0.15) is 12.7 Å². The van der Waals surface area contributed by atoms with Gasteiger partial charge < -0.3 is 9.80 Å². The van der Waals surface area contributed by atoms with Crippen LogP contribution in [0.4, 0.5) is 10.5 Å². The van der Waals surface area contributed by atoms with E-state index in [0.29, 0.717) is 10.8 Å². The predicted octanol–water partition coefficient (Wildman–Crippen LogP) is 4.42. The van der Waals surface area contributed by atoms with Gasteiger partial charge in [-0.25, -0.2) is 9.97 Å². The number of aromatic nitrogens is 2. The van der Waals surface area contributed by atoms with Gasteiger partial charge in [0.1, 0.15) is 0 Å². The molecule has 0 saturated carbocycles. The van der Waals surface area contributed by atoms with E-state index in [9.17, 15) is 9.59 Å². The Morgan fingerprint density at radius 3 is 2.67 bits per heavy atom. The number of carbonyl (C=O) groups is 2. The number of para-hydroxylation sites is 1. The molecule has 7 nitrogen and oxygen atoms in total. The van der Waals surface area contributed by atoms with Gasteiger partial charge in [-0.2, -0.15) is 0 Å². The number of hydrogen-bond donors (Lipinski definition) is 1. The zero-order valence-electron chi connectivity index (χ0n) is 18.0. The molecule has 0 radical (unpaired) electrons. The molecule has 0 bridgehead atoms. The Bertz CT molecular complexity index is 1290. The van der Waals surface area contributed by atoms with Gasteiger partial charge in [0.05, 0.1) is 21.1 Å². The summed E-state index contributed by atoms with van der Waals surface area (Å²) in [6.45, 7) is 7.25. The smallest absolute Gasteiger partial charge is 0.290 e. The summed E-state index contributed by atoms with van der Waals surface area (Å²) < 4.78 is 0. The number of rotatable bonds is 4. The lowest BCUT2D eigenvalue weighted by atomic mass is 10.0. The zero-order valence-corrected chi connectivity index (χ0v) is 19.6. The number of thioether (sulfide) groups is 1. The summed E-state index contributed by atoms with van der Waals surface area (Å²) in [5.41, 5.74) is 3.69. The van der Waals surface area contributed by atoms with E-state index in [1.54, 1.807) is 6.20 Å². The van der Waals surface area contributed by atoms with E-state index < -0.39 is 11.1 Å². The van der Waals surface area contributed by atoms with Crippen LogP contribution in [0.25, 0.3) is 28.1 Å². The highest BCUT2D eigenvalue weighted by atomic mass is 35.5. The quantitative estimate of drug-likeness (QED) is 0.555. The minimum atomic E-state index is -0.427. The molecule has 2 aliphatic rings. The number of hydrogen-bond acceptors (Lipinski definition) is 7. The van der Waals surface area contributed by atoms with E-state index in [-0.39, 0.29) is 4.91 Å². The molecule has 2 saturated heterocycles. The number of fused-ring (bicyclic) bond motifs is 1. The summed E-state index contributed by atoms with van der Waals surface area (Å²) in [6.07, 6.45) is 3.26. The van der Waals surface area contributed by atoms with Gasteiger partial charge in [0.15, 0.2) is 5.82 Å². The molecule has 0 atom stereocenters. The molecule has 3 aromatic rings. The molecule has 5 rings (SSSR count). The van der Waals surface area contributed by atoms with E-state index in [1.165, 1.54) is 6.08 Å². The average Bonchev–Trinajstić information content (AvgIpc) is 3.15. The number of halogens is 1. The van der Waals surface area contributed by atoms with E-state index in [4.69, 9.17) is 11.6 Å². The summed E-state index contributed by atoms with van der Waals surface area (Å²) in [6, 6.07) is 12.0. The fraction of sp³-hybridized carbons (Fsp3) is 0.250. The van der Waals surface area contributed by atoms with Gasteiger partial charge in [-0.1, -0.05) is 42.8 Å². The monoisotopic (exact) mass is 479 g/mol. The van der Waals surface area contributed by atoms with Gasteiger partial charge >= 0.3 is 0 Å². The fourth-order valence-electron chi connectivity index (χ4n) is 4.15. The number of nitrogens with one attached hydrogen (secondary N) is 1. The first kappa shape index (κ1) is 21.9. The van der Waals surface area contributed by atoms with Gasteiger partial charge in [0.2, 0.25) is 0 Å². The third kappa shape index (κ3) is 4.46. The van der Waals surface area contributed by atoms with Crippen molar-refractivity contribution in [1.82, 2.24) is 20.2 Å². The van der Waals surface area contributed by atoms with E-state index in [2.05, 4.69) is 44.1 Å². The molecule has 0 aliphatic carbocycles. The summed E-state index contributed by atoms with van der Waals surface area (Å²) in [7, 11) is 0. The maximum Gasteiger partial charge on any atom is 0.290 e. The van der Waals surface area contributed by atoms with Crippen LogP contribution in [0, 0.1) is 0 Å². The van der Waals surface area contributed by atoms with Crippen LogP contribution in [0.2, 0.25) is 5.02 Å². The lowest BCUT2D eigenvalue weighted by Gasteiger charge is -2.36. The van der Waals surface area contributed by atoms with Gasteiger partial charge in [-0.15, -0.1) is 0 Å². The van der Waals surface area contributed by atoms with Crippen molar-refractivity contribution in [2.24, 2.45) is 0 Å². The zero-order chi connectivity index (χ0) is 22.9. The maximum atomic E-state index is 11.9. The summed E-state index contributed by atoms with van der Waals surface area (Å²) in [5.74, 6) is -0.0528. The van der Waals surface area contributed by atoms with Crippen molar-refractivity contribution < 1.29 is 9.59 Å². The molecule has 2 amide bonds. The van der Waals surface area contributed by atoms with Crippen molar-refractivity contribution in [1.29, 1.82) is 0 Å². The molecule has 3 heterocycles. The molecule has 33 heavy (non-hydrogen) atoms. The summed E-state index contributed by atoms with van der Waals surface area (Å²) in [4.78, 5) is 37.4. The van der Waals surface area contributed by atoms with Crippen LogP contribution in [0.15, 0.2) is 47.5 Å². The SMILES string of the molecule is CCN1CCN(c2ccc(-c3cccc4cnc(C=C5SC(=O)NC5=O)nc34)cc2Cl)CC1. The first-order valence-electron chi connectivity index (χ1n) is 10.8. The van der Waals surface area contributed by atoms with E-state index in [1.807, 2.05) is 24.3 Å². The highest BCUT2D eigenvalue weighted by Gasteiger charge is 2.25. The Balaban J connectivity index is 1.48. The number of nitrogens with zero attached hydrogens (tertiary/aromatic N) is 4. The molecule has 0 spiro atoms. The Morgan fingerprint density at radius 1 is 1.15 bits per heavy atom. The first-order chi connectivity index (χ1) is 16.0. The standard InChI is InChI=1S/C24H22ClN5O2S/c1-2-29-8-10-30(11-9-29)19-7-6-15(12-18(19)25)17-5-3-4-16-14-26-21(27-22(16)17)13-20-23(31)28-24(32)33-20/h3-7,12-14H,2,8-11H2,1H3,(H,28,31,32). The molecule has 2 aliphatic heterocycles. The largest absolute Gasteiger partial charge is 0.368 e. The molecule has 2 aromatic carbocycles. The van der Waals surface area contributed by atoms with Crippen molar-refractivity contribution in [2.45, 2.75) is 6.92 Å². The van der Waals surface area contributed by atoms with Gasteiger partial charge in [0, 0.05) is 49.4 Å². The summed E-state index contributed by atoms with van der Waals surface area (Å²) >= 11 is 7.58. The molecule has 2 fully saturated rings. The molecule has 0 unspecified atom stereocenters. The van der Waals surface area contributed by atoms with Crippen LogP contribution >= 0.6 is 23.4 Å². The fourth-order valence-corrected chi connectivity index (χ4v) is 5.10. The van der Waals surface area contributed by atoms with Crippen molar-refractivity contribution in [3.8, 4) is 11.1 Å². The highest BCUT2D eigenvalue weighted by molar-refractivity contribution is 8.18. The molecular formula is C24H22ClN5O2S. The third-order valence-electron chi connectivity index (χ3n) is 5.95. The van der Waals surface area contributed by atoms with Crippen LogP contribution in [0.3, 0.4) is 0 Å². The van der Waals surface area contributed by atoms with Gasteiger partial charge in [-0.05, 0) is 36.0 Å². The first-order valence-corrected chi connectivity index (χ1v) is 12.0. The Kier molecular flexibility index (Phi) is 6.05. The van der Waals surface area contributed by atoms with Crippen molar-refractivity contribution in [3.05, 3.63) is 58.3 Å². The number of benzene rings is 2. The van der Waals surface area contributed by atoms with Crippen LogP contribution in [-0.4, -0.2) is 58.7 Å². The number of likely N-dealkylation sites (N-methyl/N-ethyl adjacent to an activating group) is 1. The molecule has 168 valence electrons. The van der Waals surface area contributed by atoms with Crippen LogP contribution < -0.4 is 10.2 Å². The highest BCUT2D eigenvalue weighted by Crippen LogP contribution is 2.34. The molecule has 9 heteroatoms. The second-order valence-corrected chi connectivity index (χ2v) is 9.33. The van der Waals surface area contributed by atoms with Crippen molar-refractivity contribution in [3.63, 3.8) is 0 Å². The van der Waals surface area contributed by atoms with E-state index in [0.717, 1.165) is 72.2 Å². The molecular weight excluding hydrogens is 458 g/mol. The number of anilines is 1. The Morgan fingerprint density at radius 2 is 1.97 bits per heavy atom. The Hall–Kier alpha value is -2.94. The lowest BCUT2D eigenvalue weighted by Crippen LogP contribution is -2.46. The second-order valence-electron chi connectivity index (χ2n) is 7.91. The normalized spacial score (nSPS) is 18.4. The van der Waals surface area contributed by atoms with Crippen LogP contribution in [-0.2, 0) is 4.79 Å². The Labute approximate surface area is 200 Å². The minimum Gasteiger partial charge on any atom is -0.368 e.